The lowest BCUT2D eigenvalue weighted by Crippen LogP contribution is -2.54. The van der Waals surface area contributed by atoms with Crippen LogP contribution in [0.4, 0.5) is 14.9 Å². The molecular formula is C27H22BrFN2O5. The van der Waals surface area contributed by atoms with Gasteiger partial charge in [-0.25, -0.2) is 14.1 Å². The number of aryl methyl sites for hydroxylation is 1. The van der Waals surface area contributed by atoms with Gasteiger partial charge in [-0.3, -0.25) is 14.9 Å². The van der Waals surface area contributed by atoms with Crippen molar-refractivity contribution >= 4 is 45.5 Å². The number of nitrogens with zero attached hydrogens (tertiary/aromatic N) is 1. The van der Waals surface area contributed by atoms with Gasteiger partial charge in [0.05, 0.1) is 12.3 Å². The molecule has 1 aliphatic heterocycles. The first-order chi connectivity index (χ1) is 17.3. The molecule has 7 nitrogen and oxygen atoms in total. The van der Waals surface area contributed by atoms with Gasteiger partial charge < -0.3 is 9.47 Å². The third-order valence-corrected chi connectivity index (χ3v) is 6.05. The number of amides is 4. The van der Waals surface area contributed by atoms with Crippen LogP contribution in [0.2, 0.25) is 0 Å². The van der Waals surface area contributed by atoms with Crippen molar-refractivity contribution in [3.05, 3.63) is 93.2 Å². The molecule has 0 saturated carbocycles. The number of imide groups is 2. The van der Waals surface area contributed by atoms with Gasteiger partial charge in [-0.2, -0.15) is 0 Å². The lowest BCUT2D eigenvalue weighted by atomic mass is 10.1. The van der Waals surface area contributed by atoms with E-state index in [1.807, 2.05) is 13.8 Å². The first-order valence-electron chi connectivity index (χ1n) is 11.1. The van der Waals surface area contributed by atoms with Crippen molar-refractivity contribution in [1.29, 1.82) is 0 Å². The van der Waals surface area contributed by atoms with Crippen LogP contribution in [-0.4, -0.2) is 24.5 Å². The lowest BCUT2D eigenvalue weighted by molar-refractivity contribution is -0.122. The van der Waals surface area contributed by atoms with E-state index in [2.05, 4.69) is 21.2 Å². The largest absolute Gasteiger partial charge is 0.490 e. The summed E-state index contributed by atoms with van der Waals surface area (Å²) in [6.45, 7) is 4.23. The zero-order chi connectivity index (χ0) is 25.8. The average Bonchev–Trinajstić information content (AvgIpc) is 2.84. The third-order valence-electron chi connectivity index (χ3n) is 5.36. The van der Waals surface area contributed by atoms with E-state index in [1.54, 1.807) is 48.5 Å². The second-order valence-corrected chi connectivity index (χ2v) is 8.82. The topological polar surface area (TPSA) is 84.9 Å². The summed E-state index contributed by atoms with van der Waals surface area (Å²) in [5, 5.41) is 2.22. The maximum Gasteiger partial charge on any atom is 0.335 e. The number of nitrogens with one attached hydrogen (secondary N) is 1. The standard InChI is InChI=1S/C27H22BrFN2O5/c1-3-35-23-13-18(22(28)14-24(23)36-15-17-6-8-19(29)9-7-17)12-21-25(32)30-27(34)31(26(21)33)20-10-4-16(2)5-11-20/h4-14H,3,15H2,1-2H3,(H,30,32,34)/b21-12+. The molecule has 3 aromatic rings. The van der Waals surface area contributed by atoms with Gasteiger partial charge in [0.1, 0.15) is 18.0 Å². The molecule has 36 heavy (non-hydrogen) atoms. The minimum atomic E-state index is -0.815. The fourth-order valence-corrected chi connectivity index (χ4v) is 3.96. The molecule has 3 aromatic carbocycles. The van der Waals surface area contributed by atoms with Gasteiger partial charge >= 0.3 is 6.03 Å². The van der Waals surface area contributed by atoms with Crippen LogP contribution in [0.1, 0.15) is 23.6 Å². The summed E-state index contributed by atoms with van der Waals surface area (Å²) in [6, 6.07) is 15.2. The molecule has 1 saturated heterocycles. The maximum atomic E-state index is 13.2. The Balaban J connectivity index is 1.65. The third kappa shape index (κ3) is 5.46. The Hall–Kier alpha value is -3.98. The molecular weight excluding hydrogens is 531 g/mol. The predicted octanol–water partition coefficient (Wildman–Crippen LogP) is 5.54. The van der Waals surface area contributed by atoms with Gasteiger partial charge in [-0.15, -0.1) is 0 Å². The Labute approximate surface area is 215 Å². The Morgan fingerprint density at radius 1 is 0.972 bits per heavy atom. The molecule has 1 heterocycles. The van der Waals surface area contributed by atoms with Crippen molar-refractivity contribution in [2.75, 3.05) is 11.5 Å². The van der Waals surface area contributed by atoms with Gasteiger partial charge in [0.15, 0.2) is 11.5 Å². The molecule has 0 radical (unpaired) electrons. The van der Waals surface area contributed by atoms with E-state index < -0.39 is 17.8 Å². The van der Waals surface area contributed by atoms with Crippen molar-refractivity contribution in [3.8, 4) is 11.5 Å². The molecule has 4 amide bonds. The molecule has 1 aliphatic rings. The highest BCUT2D eigenvalue weighted by molar-refractivity contribution is 9.10. The van der Waals surface area contributed by atoms with E-state index in [-0.39, 0.29) is 18.0 Å². The Bertz CT molecular complexity index is 1350. The zero-order valence-electron chi connectivity index (χ0n) is 19.5. The smallest absolute Gasteiger partial charge is 0.335 e. The molecule has 0 atom stereocenters. The van der Waals surface area contributed by atoms with Crippen molar-refractivity contribution in [2.24, 2.45) is 0 Å². The molecule has 184 valence electrons. The number of anilines is 1. The summed E-state index contributed by atoms with van der Waals surface area (Å²) in [6.07, 6.45) is 1.39. The van der Waals surface area contributed by atoms with Gasteiger partial charge in [0, 0.05) is 4.47 Å². The van der Waals surface area contributed by atoms with Crippen molar-refractivity contribution in [2.45, 2.75) is 20.5 Å². The van der Waals surface area contributed by atoms with Crippen LogP contribution in [0.25, 0.3) is 6.08 Å². The molecule has 1 N–H and O–H groups in total. The van der Waals surface area contributed by atoms with E-state index in [4.69, 9.17) is 9.47 Å². The Morgan fingerprint density at radius 2 is 1.64 bits per heavy atom. The second kappa shape index (κ2) is 10.7. The number of hydrogen-bond donors (Lipinski definition) is 1. The number of carbonyl (C=O) groups is 3. The van der Waals surface area contributed by atoms with E-state index >= 15 is 0 Å². The number of halogens is 2. The highest BCUT2D eigenvalue weighted by atomic mass is 79.9. The van der Waals surface area contributed by atoms with Gasteiger partial charge in [0.2, 0.25) is 0 Å². The number of rotatable bonds is 7. The summed E-state index contributed by atoms with van der Waals surface area (Å²) in [5.41, 5.74) is 2.35. The van der Waals surface area contributed by atoms with E-state index in [9.17, 15) is 18.8 Å². The number of benzene rings is 3. The van der Waals surface area contributed by atoms with E-state index in [1.165, 1.54) is 18.2 Å². The van der Waals surface area contributed by atoms with Crippen LogP contribution >= 0.6 is 15.9 Å². The number of barbiturate groups is 1. The van der Waals surface area contributed by atoms with Gasteiger partial charge in [-0.05, 0) is 67.4 Å². The summed E-state index contributed by atoms with van der Waals surface area (Å²) in [4.78, 5) is 39.1. The van der Waals surface area contributed by atoms with Crippen molar-refractivity contribution < 1.29 is 28.2 Å². The molecule has 4 rings (SSSR count). The van der Waals surface area contributed by atoms with Crippen molar-refractivity contribution in [3.63, 3.8) is 0 Å². The fourth-order valence-electron chi connectivity index (χ4n) is 3.53. The molecule has 0 spiro atoms. The summed E-state index contributed by atoms with van der Waals surface area (Å²) in [5.74, 6) is -1.06. The van der Waals surface area contributed by atoms with E-state index in [0.717, 1.165) is 16.0 Å². The predicted molar refractivity (Wildman–Crippen MR) is 136 cm³/mol. The van der Waals surface area contributed by atoms with Crippen LogP contribution in [0, 0.1) is 12.7 Å². The average molecular weight is 553 g/mol. The summed E-state index contributed by atoms with van der Waals surface area (Å²) in [7, 11) is 0. The Morgan fingerprint density at radius 3 is 2.31 bits per heavy atom. The van der Waals surface area contributed by atoms with Crippen LogP contribution < -0.4 is 19.7 Å². The highest BCUT2D eigenvalue weighted by Gasteiger charge is 2.37. The number of urea groups is 1. The maximum absolute atomic E-state index is 13.2. The molecule has 0 aromatic heterocycles. The lowest BCUT2D eigenvalue weighted by Gasteiger charge is -2.26. The molecule has 0 unspecified atom stereocenters. The van der Waals surface area contributed by atoms with Crippen molar-refractivity contribution in [1.82, 2.24) is 5.32 Å². The van der Waals surface area contributed by atoms with Crippen LogP contribution in [-0.2, 0) is 16.2 Å². The number of hydrogen-bond acceptors (Lipinski definition) is 5. The molecule has 1 fully saturated rings. The highest BCUT2D eigenvalue weighted by Crippen LogP contribution is 2.36. The quantitative estimate of drug-likeness (QED) is 0.307. The first-order valence-corrected chi connectivity index (χ1v) is 11.9. The molecule has 9 heteroatoms. The SMILES string of the molecule is CCOc1cc(/C=C2\C(=O)NC(=O)N(c3ccc(C)cc3)C2=O)c(Br)cc1OCc1ccc(F)cc1. The summed E-state index contributed by atoms with van der Waals surface area (Å²) < 4.78 is 25.3. The number of ether oxygens (including phenoxy) is 2. The fraction of sp³-hybridized carbons (Fsp3) is 0.148. The van der Waals surface area contributed by atoms with E-state index in [0.29, 0.717) is 33.8 Å². The van der Waals surface area contributed by atoms with Crippen LogP contribution in [0.5, 0.6) is 11.5 Å². The minimum absolute atomic E-state index is 0.182. The van der Waals surface area contributed by atoms with Crippen LogP contribution in [0.15, 0.2) is 70.7 Å². The number of carbonyl (C=O) groups excluding carboxylic acids is 3. The second-order valence-electron chi connectivity index (χ2n) is 7.96. The van der Waals surface area contributed by atoms with Crippen LogP contribution in [0.3, 0.4) is 0 Å². The normalized spacial score (nSPS) is 14.7. The first kappa shape index (κ1) is 25.1. The van der Waals surface area contributed by atoms with Gasteiger partial charge in [-0.1, -0.05) is 45.8 Å². The van der Waals surface area contributed by atoms with Gasteiger partial charge in [0.25, 0.3) is 11.8 Å². The molecule has 0 bridgehead atoms. The Kier molecular flexibility index (Phi) is 7.49. The summed E-state index contributed by atoms with van der Waals surface area (Å²) >= 11 is 3.46. The molecule has 0 aliphatic carbocycles. The monoisotopic (exact) mass is 552 g/mol. The minimum Gasteiger partial charge on any atom is -0.490 e. The zero-order valence-corrected chi connectivity index (χ0v) is 21.1.